The van der Waals surface area contributed by atoms with E-state index in [1.807, 2.05) is 0 Å². The summed E-state index contributed by atoms with van der Waals surface area (Å²) in [5.41, 5.74) is -1.44. The normalized spacial score (nSPS) is 9.62. The van der Waals surface area contributed by atoms with Gasteiger partial charge in [0.15, 0.2) is 0 Å². The smallest absolute Gasteiger partial charge is 0.414 e. The van der Waals surface area contributed by atoms with E-state index < -0.39 is 33.1 Å². The minimum Gasteiger partial charge on any atom is -0.414 e. The van der Waals surface area contributed by atoms with Crippen molar-refractivity contribution in [2.24, 2.45) is 0 Å². The molecule has 0 amide bonds. The fourth-order valence-electron chi connectivity index (χ4n) is 2.35. The third-order valence-corrected chi connectivity index (χ3v) is 4.13. The van der Waals surface area contributed by atoms with Gasteiger partial charge in [-0.05, 0) is 36.4 Å². The van der Waals surface area contributed by atoms with Crippen LogP contribution < -0.4 is 14.3 Å². The van der Waals surface area contributed by atoms with Crippen LogP contribution >= 0.6 is 11.6 Å². The molecule has 0 heterocycles. The van der Waals surface area contributed by atoms with Gasteiger partial charge >= 0.3 is 23.5 Å². The molecule has 3 aromatic carbocycles. The topological polar surface area (TPSA) is 230 Å². The number of nitro benzene ring substituents is 3. The van der Waals surface area contributed by atoms with E-state index in [9.17, 15) is 44.8 Å². The lowest BCUT2D eigenvalue weighted by molar-refractivity contribution is -0.956. The molecule has 40 heavy (non-hydrogen) atoms. The van der Waals surface area contributed by atoms with Gasteiger partial charge in [0, 0.05) is 48.0 Å². The molecule has 0 atom stereocenters. The number of nitro groups is 3. The molecule has 0 bridgehead atoms. The summed E-state index contributed by atoms with van der Waals surface area (Å²) in [7, 11) is 0. The summed E-state index contributed by atoms with van der Waals surface area (Å²) >= 11 is 4.92. The highest BCUT2D eigenvalue weighted by atomic mass is 35.5. The second-order valence-corrected chi connectivity index (χ2v) is 6.96. The molecule has 0 aliphatic rings. The zero-order chi connectivity index (χ0) is 29.7. The summed E-state index contributed by atoms with van der Waals surface area (Å²) in [5, 5.41) is 30.8. The SMILES string of the molecule is O=C(Cl)Oc1ccc([N+](=O)[O-])cc1.O=C(OCO[N+](=O)Oc1ccc([N+](=O)[O-])cc1)Oc1ccc([N+](=O)[O-])cc1. The molecule has 3 rings (SSSR count). The molecule has 0 saturated heterocycles. The number of carbonyl (C=O) groups excluding carboxylic acids is 2. The second kappa shape index (κ2) is 14.7. The average Bonchev–Trinajstić information content (AvgIpc) is 2.89. The van der Waals surface area contributed by atoms with Gasteiger partial charge < -0.3 is 14.2 Å². The Morgan fingerprint density at radius 3 is 1.38 bits per heavy atom. The maximum atomic E-state index is 11.4. The minimum atomic E-state index is -1.23. The Balaban J connectivity index is 0.000000360. The van der Waals surface area contributed by atoms with E-state index in [1.165, 1.54) is 36.4 Å². The average molecular weight is 582 g/mol. The lowest BCUT2D eigenvalue weighted by Gasteiger charge is -2.02. The van der Waals surface area contributed by atoms with Crippen LogP contribution in [0.5, 0.6) is 17.2 Å². The van der Waals surface area contributed by atoms with Crippen molar-refractivity contribution in [1.82, 2.24) is 0 Å². The molecule has 0 N–H and O–H groups in total. The van der Waals surface area contributed by atoms with E-state index in [4.69, 9.17) is 16.3 Å². The lowest BCUT2D eigenvalue weighted by Crippen LogP contribution is -2.19. The number of benzene rings is 3. The summed E-state index contributed by atoms with van der Waals surface area (Å²) in [6.45, 7) is -0.859. The van der Waals surface area contributed by atoms with Crippen molar-refractivity contribution in [2.75, 3.05) is 6.79 Å². The van der Waals surface area contributed by atoms with Gasteiger partial charge in [0.2, 0.25) is 5.75 Å². The third-order valence-electron chi connectivity index (χ3n) is 4.06. The zero-order valence-corrected chi connectivity index (χ0v) is 20.3. The van der Waals surface area contributed by atoms with Gasteiger partial charge in [-0.3, -0.25) is 30.3 Å². The predicted molar refractivity (Wildman–Crippen MR) is 128 cm³/mol. The molecular weight excluding hydrogens is 568 g/mol. The minimum absolute atomic E-state index is 0.0216. The van der Waals surface area contributed by atoms with Crippen LogP contribution in [0, 0.1) is 35.3 Å². The van der Waals surface area contributed by atoms with E-state index in [-0.39, 0.29) is 39.4 Å². The molecule has 3 aromatic rings. The molecule has 0 spiro atoms. The van der Waals surface area contributed by atoms with E-state index in [0.29, 0.717) is 0 Å². The van der Waals surface area contributed by atoms with Gasteiger partial charge in [-0.25, -0.2) is 9.59 Å². The number of carbonyl (C=O) groups is 2. The number of hydrogen-bond acceptors (Lipinski definition) is 14. The Bertz CT molecular complexity index is 1310. The molecule has 0 unspecified atom stereocenters. The first-order chi connectivity index (χ1) is 18.9. The Kier molecular flexibility index (Phi) is 11.2. The van der Waals surface area contributed by atoms with E-state index in [2.05, 4.69) is 19.1 Å². The van der Waals surface area contributed by atoms with E-state index in [0.717, 1.165) is 36.4 Å². The first-order valence-corrected chi connectivity index (χ1v) is 10.6. The van der Waals surface area contributed by atoms with E-state index in [1.54, 1.807) is 0 Å². The monoisotopic (exact) mass is 581 g/mol. The largest absolute Gasteiger partial charge is 0.517 e. The van der Waals surface area contributed by atoms with Gasteiger partial charge in [-0.1, -0.05) is 0 Å². The number of hydrogen-bond donors (Lipinski definition) is 0. The number of halogens is 1. The molecule has 0 aliphatic carbocycles. The van der Waals surface area contributed by atoms with Gasteiger partial charge in [0.05, 0.1) is 14.8 Å². The standard InChI is InChI=1S/C14H10N3O10.C7H4ClNO4/c18-14(26-12-5-1-10(2-6-12)15(19)20)24-9-25-17(23)27-13-7-3-11(4-8-13)16(21)22;8-7(10)13-6-3-1-5(2-4-6)9(11)12/h1-8H,9H2;1-4H/q+1;. The van der Waals surface area contributed by atoms with Crippen molar-refractivity contribution in [2.45, 2.75) is 0 Å². The highest BCUT2D eigenvalue weighted by Gasteiger charge is 2.18. The molecule has 18 nitrogen and oxygen atoms in total. The van der Waals surface area contributed by atoms with Crippen LogP contribution in [-0.4, -0.2) is 38.2 Å². The third kappa shape index (κ3) is 10.6. The van der Waals surface area contributed by atoms with Crippen molar-refractivity contribution in [1.29, 1.82) is 0 Å². The number of rotatable bonds is 10. The molecule has 0 fully saturated rings. The Morgan fingerprint density at radius 2 is 1.00 bits per heavy atom. The quantitative estimate of drug-likeness (QED) is 0.0764. The highest BCUT2D eigenvalue weighted by Crippen LogP contribution is 2.19. The fraction of sp³-hybridized carbons (Fsp3) is 0.0476. The predicted octanol–water partition coefficient (Wildman–Crippen LogP) is 5.01. The van der Waals surface area contributed by atoms with Crippen LogP contribution in [-0.2, 0) is 9.57 Å². The number of non-ortho nitro benzene ring substituents is 3. The van der Waals surface area contributed by atoms with Crippen LogP contribution in [0.2, 0.25) is 0 Å². The van der Waals surface area contributed by atoms with E-state index >= 15 is 0 Å². The van der Waals surface area contributed by atoms with Crippen molar-refractivity contribution in [3.8, 4) is 17.2 Å². The van der Waals surface area contributed by atoms with Crippen molar-refractivity contribution < 1.29 is 53.3 Å². The Hall–Kier alpha value is -5.91. The second-order valence-electron chi connectivity index (χ2n) is 6.65. The summed E-state index contributed by atoms with van der Waals surface area (Å²) in [5.74, 6) is 0.0985. The molecule has 0 radical (unpaired) electrons. The lowest BCUT2D eigenvalue weighted by atomic mass is 10.3. The molecule has 0 aliphatic heterocycles. The van der Waals surface area contributed by atoms with Gasteiger partial charge in [-0.15, -0.1) is 9.68 Å². The van der Waals surface area contributed by atoms with Crippen LogP contribution in [0.15, 0.2) is 72.8 Å². The molecule has 208 valence electrons. The first kappa shape index (κ1) is 30.3. The van der Waals surface area contributed by atoms with Crippen LogP contribution in [0.25, 0.3) is 0 Å². The van der Waals surface area contributed by atoms with Gasteiger partial charge in [0.25, 0.3) is 17.1 Å². The number of nitrogens with zero attached hydrogens (tertiary/aromatic N) is 4. The van der Waals surface area contributed by atoms with Crippen molar-refractivity contribution >= 4 is 40.2 Å². The summed E-state index contributed by atoms with van der Waals surface area (Å²) in [6, 6.07) is 14.2. The fourth-order valence-corrected chi connectivity index (χ4v) is 2.44. The van der Waals surface area contributed by atoms with Gasteiger partial charge in [0.1, 0.15) is 16.4 Å². The summed E-state index contributed by atoms with van der Waals surface area (Å²) in [4.78, 5) is 71.4. The summed E-state index contributed by atoms with van der Waals surface area (Å²) < 4.78 is 13.6. The van der Waals surface area contributed by atoms with Crippen molar-refractivity contribution in [3.05, 3.63) is 108 Å². The molecule has 19 heteroatoms. The molecule has 0 saturated carbocycles. The van der Waals surface area contributed by atoms with Crippen LogP contribution in [0.1, 0.15) is 0 Å². The van der Waals surface area contributed by atoms with Crippen LogP contribution in [0.4, 0.5) is 26.7 Å². The zero-order valence-electron chi connectivity index (χ0n) is 19.5. The maximum absolute atomic E-state index is 11.4. The Labute approximate surface area is 226 Å². The highest BCUT2D eigenvalue weighted by molar-refractivity contribution is 6.61. The number of ether oxygens (including phenoxy) is 3. The Morgan fingerprint density at radius 1 is 0.625 bits per heavy atom. The first-order valence-electron chi connectivity index (χ1n) is 10.2. The van der Waals surface area contributed by atoms with Crippen LogP contribution in [0.3, 0.4) is 0 Å². The molecular formula is C21H14ClN4O14+. The molecule has 0 aromatic heterocycles. The maximum Gasteiger partial charge on any atom is 0.517 e. The van der Waals surface area contributed by atoms with Gasteiger partial charge in [-0.2, -0.15) is 0 Å². The van der Waals surface area contributed by atoms with Crippen molar-refractivity contribution in [3.63, 3.8) is 0 Å². The summed E-state index contributed by atoms with van der Waals surface area (Å²) in [6.07, 6.45) is -1.23.